The summed E-state index contributed by atoms with van der Waals surface area (Å²) in [6.45, 7) is 5.57. The first-order valence-electron chi connectivity index (χ1n) is 6.58. The van der Waals surface area contributed by atoms with Crippen LogP contribution in [0.3, 0.4) is 0 Å². The van der Waals surface area contributed by atoms with E-state index in [2.05, 4.69) is 6.92 Å². The van der Waals surface area contributed by atoms with Crippen molar-refractivity contribution in [2.75, 3.05) is 46.2 Å². The molecule has 0 aliphatic rings. The lowest BCUT2D eigenvalue weighted by molar-refractivity contribution is 0.0118. The Balaban J connectivity index is 3.05. The predicted octanol–water partition coefficient (Wildman–Crippen LogP) is 1.36. The van der Waals surface area contributed by atoms with Crippen LogP contribution in [0.4, 0.5) is 0 Å². The third-order valence-corrected chi connectivity index (χ3v) is 2.40. The Hall–Kier alpha value is -0.670. The van der Waals surface area contributed by atoms with Gasteiger partial charge in [0.15, 0.2) is 0 Å². The summed E-state index contributed by atoms with van der Waals surface area (Å²) in [7, 11) is 0. The molecule has 1 unspecified atom stereocenters. The number of hydrogen-bond acceptors (Lipinski definition) is 5. The molecule has 0 heterocycles. The quantitative estimate of drug-likeness (QED) is 0.506. The number of unbranched alkanes of at least 4 members (excludes halogenated alkanes) is 1. The number of rotatable bonds is 13. The number of nitriles is 1. The molecule has 0 aliphatic heterocycles. The molecule has 0 rings (SSSR count). The Labute approximate surface area is 110 Å². The number of ether oxygens (including phenoxy) is 3. The predicted molar refractivity (Wildman–Crippen MR) is 68.2 cm³/mol. The molecule has 106 valence electrons. The molecule has 1 atom stereocenters. The Bertz CT molecular complexity index is 206. The van der Waals surface area contributed by atoms with Gasteiger partial charge in [0.05, 0.1) is 45.0 Å². The highest BCUT2D eigenvalue weighted by Crippen LogP contribution is 1.99. The van der Waals surface area contributed by atoms with Crippen molar-refractivity contribution >= 4 is 0 Å². The summed E-state index contributed by atoms with van der Waals surface area (Å²) in [5.41, 5.74) is 0. The number of aliphatic hydroxyl groups is 1. The summed E-state index contributed by atoms with van der Waals surface area (Å²) in [5.74, 6) is -0.321. The maximum atomic E-state index is 8.77. The van der Waals surface area contributed by atoms with Crippen LogP contribution in [0.5, 0.6) is 0 Å². The van der Waals surface area contributed by atoms with Crippen LogP contribution in [0.25, 0.3) is 0 Å². The molecular formula is C13H25NO4. The Morgan fingerprint density at radius 2 is 1.56 bits per heavy atom. The molecule has 0 spiro atoms. The van der Waals surface area contributed by atoms with Crippen LogP contribution in [0.2, 0.25) is 0 Å². The van der Waals surface area contributed by atoms with Crippen molar-refractivity contribution in [1.29, 1.82) is 5.26 Å². The second-order valence-corrected chi connectivity index (χ2v) is 3.99. The minimum absolute atomic E-state index is 0.106. The molecule has 0 aromatic heterocycles. The highest BCUT2D eigenvalue weighted by molar-refractivity contribution is 4.81. The van der Waals surface area contributed by atoms with Gasteiger partial charge in [-0.2, -0.15) is 5.26 Å². The molecule has 0 fully saturated rings. The lowest BCUT2D eigenvalue weighted by atomic mass is 10.1. The summed E-state index contributed by atoms with van der Waals surface area (Å²) in [6.07, 6.45) is 2.80. The van der Waals surface area contributed by atoms with Gasteiger partial charge in [-0.25, -0.2) is 0 Å². The molecule has 0 saturated carbocycles. The summed E-state index contributed by atoms with van der Waals surface area (Å²) in [4.78, 5) is 0. The molecule has 1 N–H and O–H groups in total. The van der Waals surface area contributed by atoms with Crippen LogP contribution in [0, 0.1) is 17.2 Å². The van der Waals surface area contributed by atoms with E-state index in [9.17, 15) is 0 Å². The maximum absolute atomic E-state index is 8.77. The van der Waals surface area contributed by atoms with Crippen molar-refractivity contribution in [2.45, 2.75) is 26.2 Å². The molecule has 5 nitrogen and oxygen atoms in total. The van der Waals surface area contributed by atoms with Crippen molar-refractivity contribution in [1.82, 2.24) is 0 Å². The molecule has 18 heavy (non-hydrogen) atoms. The smallest absolute Gasteiger partial charge is 0.0716 e. The number of aliphatic hydroxyl groups excluding tert-OH is 1. The maximum Gasteiger partial charge on any atom is 0.0716 e. The zero-order chi connectivity index (χ0) is 13.5. The van der Waals surface area contributed by atoms with E-state index >= 15 is 0 Å². The Kier molecular flexibility index (Phi) is 13.9. The summed E-state index contributed by atoms with van der Waals surface area (Å²) in [6, 6.07) is 2.01. The van der Waals surface area contributed by atoms with Crippen LogP contribution >= 0.6 is 0 Å². The van der Waals surface area contributed by atoms with Crippen molar-refractivity contribution in [3.05, 3.63) is 0 Å². The third-order valence-electron chi connectivity index (χ3n) is 2.40. The molecule has 0 bridgehead atoms. The molecule has 0 amide bonds. The monoisotopic (exact) mass is 259 g/mol. The van der Waals surface area contributed by atoms with Crippen molar-refractivity contribution in [3.63, 3.8) is 0 Å². The fraction of sp³-hybridized carbons (Fsp3) is 0.923. The fourth-order valence-corrected chi connectivity index (χ4v) is 1.21. The molecule has 0 radical (unpaired) electrons. The van der Waals surface area contributed by atoms with E-state index in [0.717, 1.165) is 19.4 Å². The van der Waals surface area contributed by atoms with Gasteiger partial charge in [-0.1, -0.05) is 13.3 Å². The van der Waals surface area contributed by atoms with Crippen molar-refractivity contribution < 1.29 is 19.3 Å². The minimum atomic E-state index is -0.321. The molecule has 0 aromatic carbocycles. The first kappa shape index (κ1) is 17.3. The van der Waals surface area contributed by atoms with Crippen molar-refractivity contribution in [3.8, 4) is 6.07 Å². The van der Waals surface area contributed by atoms with Gasteiger partial charge in [0.1, 0.15) is 0 Å². The summed E-state index contributed by atoms with van der Waals surface area (Å²) < 4.78 is 15.9. The van der Waals surface area contributed by atoms with Gasteiger partial charge in [-0.05, 0) is 12.8 Å². The van der Waals surface area contributed by atoms with Crippen LogP contribution in [0.1, 0.15) is 26.2 Å². The number of nitrogens with zero attached hydrogens (tertiary/aromatic N) is 1. The average Bonchev–Trinajstić information content (AvgIpc) is 2.40. The second kappa shape index (κ2) is 14.4. The SMILES string of the molecule is CCCCOCCOCCOCCC(C#N)CO. The molecule has 0 saturated heterocycles. The summed E-state index contributed by atoms with van der Waals surface area (Å²) >= 11 is 0. The van der Waals surface area contributed by atoms with E-state index in [4.69, 9.17) is 24.6 Å². The van der Waals surface area contributed by atoms with E-state index in [-0.39, 0.29) is 12.5 Å². The second-order valence-electron chi connectivity index (χ2n) is 3.99. The molecule has 5 heteroatoms. The van der Waals surface area contributed by atoms with Gasteiger partial charge < -0.3 is 19.3 Å². The minimum Gasteiger partial charge on any atom is -0.395 e. The van der Waals surface area contributed by atoms with E-state index in [0.29, 0.717) is 39.5 Å². The van der Waals surface area contributed by atoms with E-state index in [1.54, 1.807) is 0 Å². The van der Waals surface area contributed by atoms with Gasteiger partial charge in [0.25, 0.3) is 0 Å². The van der Waals surface area contributed by atoms with E-state index in [1.807, 2.05) is 6.07 Å². The van der Waals surface area contributed by atoms with Crippen molar-refractivity contribution in [2.24, 2.45) is 5.92 Å². The topological polar surface area (TPSA) is 71.7 Å². The average molecular weight is 259 g/mol. The van der Waals surface area contributed by atoms with Gasteiger partial charge in [-0.3, -0.25) is 0 Å². The van der Waals surface area contributed by atoms with E-state index < -0.39 is 0 Å². The lowest BCUT2D eigenvalue weighted by Gasteiger charge is -2.07. The first-order valence-corrected chi connectivity index (χ1v) is 6.58. The summed E-state index contributed by atoms with van der Waals surface area (Å²) in [5, 5.41) is 17.4. The Morgan fingerprint density at radius 1 is 1.00 bits per heavy atom. The van der Waals surface area contributed by atoms with Crippen LogP contribution < -0.4 is 0 Å². The fourth-order valence-electron chi connectivity index (χ4n) is 1.21. The standard InChI is InChI=1S/C13H25NO4/c1-2-3-5-16-7-9-18-10-8-17-6-4-13(11-14)12-15/h13,15H,2-10,12H2,1H3. The molecule has 0 aliphatic carbocycles. The van der Waals surface area contributed by atoms with Gasteiger partial charge in [0, 0.05) is 13.2 Å². The lowest BCUT2D eigenvalue weighted by Crippen LogP contribution is -2.12. The first-order chi connectivity index (χ1) is 8.85. The molecule has 0 aromatic rings. The van der Waals surface area contributed by atoms with Crippen LogP contribution in [-0.2, 0) is 14.2 Å². The molecular weight excluding hydrogens is 234 g/mol. The normalized spacial score (nSPS) is 12.3. The zero-order valence-electron chi connectivity index (χ0n) is 11.3. The van der Waals surface area contributed by atoms with Gasteiger partial charge >= 0.3 is 0 Å². The van der Waals surface area contributed by atoms with Gasteiger partial charge in [0.2, 0.25) is 0 Å². The van der Waals surface area contributed by atoms with Gasteiger partial charge in [-0.15, -0.1) is 0 Å². The van der Waals surface area contributed by atoms with Crippen LogP contribution in [-0.4, -0.2) is 51.4 Å². The zero-order valence-corrected chi connectivity index (χ0v) is 11.3. The highest BCUT2D eigenvalue weighted by atomic mass is 16.5. The largest absolute Gasteiger partial charge is 0.395 e. The number of hydrogen-bond donors (Lipinski definition) is 1. The Morgan fingerprint density at radius 3 is 2.06 bits per heavy atom. The van der Waals surface area contributed by atoms with E-state index in [1.165, 1.54) is 0 Å². The highest BCUT2D eigenvalue weighted by Gasteiger charge is 2.04. The third kappa shape index (κ3) is 11.8. The van der Waals surface area contributed by atoms with Crippen LogP contribution in [0.15, 0.2) is 0 Å².